The fourth-order valence-electron chi connectivity index (χ4n) is 1.80. The zero-order valence-electron chi connectivity index (χ0n) is 10.5. The molecule has 5 heteroatoms. The van der Waals surface area contributed by atoms with Crippen LogP contribution < -0.4 is 5.32 Å². The van der Waals surface area contributed by atoms with E-state index < -0.39 is 0 Å². The molecule has 104 valence electrons. The number of benzene rings is 2. The molecule has 0 fully saturated rings. The zero-order chi connectivity index (χ0) is 14.5. The third-order valence-corrected chi connectivity index (χ3v) is 3.62. The van der Waals surface area contributed by atoms with E-state index in [4.69, 9.17) is 23.2 Å². The second-order valence-corrected chi connectivity index (χ2v) is 6.08. The molecule has 2 aromatic carbocycles. The first-order valence-electron chi connectivity index (χ1n) is 6.03. The van der Waals surface area contributed by atoms with E-state index in [0.717, 1.165) is 16.5 Å². The summed E-state index contributed by atoms with van der Waals surface area (Å²) in [4.78, 5) is 12.0. The maximum Gasteiger partial charge on any atom is 0.251 e. The molecule has 2 rings (SSSR count). The largest absolute Gasteiger partial charge is 0.352 e. The average molecular weight is 373 g/mol. The molecule has 2 aromatic rings. The molecule has 0 saturated heterocycles. The van der Waals surface area contributed by atoms with Gasteiger partial charge < -0.3 is 5.32 Å². The maximum atomic E-state index is 12.0. The Bertz CT molecular complexity index is 611. The van der Waals surface area contributed by atoms with Gasteiger partial charge in [0, 0.05) is 26.6 Å². The molecule has 1 amide bonds. The lowest BCUT2D eigenvalue weighted by atomic mass is 10.1. The van der Waals surface area contributed by atoms with Gasteiger partial charge in [-0.2, -0.15) is 0 Å². The van der Waals surface area contributed by atoms with Crippen LogP contribution in [0.3, 0.4) is 0 Å². The molecule has 0 aliphatic heterocycles. The molecule has 20 heavy (non-hydrogen) atoms. The molecule has 0 heterocycles. The monoisotopic (exact) mass is 371 g/mol. The first-order valence-corrected chi connectivity index (χ1v) is 7.58. The van der Waals surface area contributed by atoms with Crippen molar-refractivity contribution in [2.45, 2.75) is 6.42 Å². The molecule has 0 radical (unpaired) electrons. The Morgan fingerprint density at radius 3 is 2.60 bits per heavy atom. The first-order chi connectivity index (χ1) is 9.54. The van der Waals surface area contributed by atoms with Crippen molar-refractivity contribution in [3.05, 3.63) is 68.1 Å². The quantitative estimate of drug-likeness (QED) is 0.825. The van der Waals surface area contributed by atoms with Gasteiger partial charge in [0.15, 0.2) is 0 Å². The minimum atomic E-state index is -0.143. The van der Waals surface area contributed by atoms with Crippen LogP contribution in [0.5, 0.6) is 0 Å². The second-order valence-electron chi connectivity index (χ2n) is 4.29. The van der Waals surface area contributed by atoms with Crippen molar-refractivity contribution in [2.24, 2.45) is 0 Å². The van der Waals surface area contributed by atoms with Crippen LogP contribution in [-0.4, -0.2) is 12.5 Å². The Labute approximate surface area is 136 Å². The maximum absolute atomic E-state index is 12.0. The molecular weight excluding hydrogens is 361 g/mol. The smallest absolute Gasteiger partial charge is 0.251 e. The van der Waals surface area contributed by atoms with Crippen molar-refractivity contribution in [3.8, 4) is 0 Å². The molecule has 2 nitrogen and oxygen atoms in total. The van der Waals surface area contributed by atoms with E-state index in [1.54, 1.807) is 18.2 Å². The Balaban J connectivity index is 1.92. The number of rotatable bonds is 4. The molecule has 0 aliphatic carbocycles. The van der Waals surface area contributed by atoms with Crippen LogP contribution in [0.25, 0.3) is 0 Å². The van der Waals surface area contributed by atoms with Crippen molar-refractivity contribution in [2.75, 3.05) is 6.54 Å². The molecule has 0 unspecified atom stereocenters. The van der Waals surface area contributed by atoms with E-state index in [-0.39, 0.29) is 5.91 Å². The highest BCUT2D eigenvalue weighted by Gasteiger charge is 2.07. The molecular formula is C15H12BrCl2NO. The minimum absolute atomic E-state index is 0.143. The molecule has 0 bridgehead atoms. The lowest BCUT2D eigenvalue weighted by Crippen LogP contribution is -2.25. The van der Waals surface area contributed by atoms with Crippen molar-refractivity contribution in [1.82, 2.24) is 5.32 Å². The van der Waals surface area contributed by atoms with Gasteiger partial charge >= 0.3 is 0 Å². The fourth-order valence-corrected chi connectivity index (χ4v) is 2.87. The van der Waals surface area contributed by atoms with Crippen LogP contribution in [0.15, 0.2) is 46.9 Å². The van der Waals surface area contributed by atoms with Gasteiger partial charge in [-0.1, -0.05) is 51.3 Å². The topological polar surface area (TPSA) is 29.1 Å². The van der Waals surface area contributed by atoms with Gasteiger partial charge in [0.05, 0.1) is 0 Å². The number of hydrogen-bond acceptors (Lipinski definition) is 1. The summed E-state index contributed by atoms with van der Waals surface area (Å²) in [5.41, 5.74) is 1.63. The van der Waals surface area contributed by atoms with E-state index in [1.807, 2.05) is 24.3 Å². The molecule has 0 atom stereocenters. The highest BCUT2D eigenvalue weighted by molar-refractivity contribution is 9.10. The van der Waals surface area contributed by atoms with Crippen molar-refractivity contribution < 1.29 is 4.79 Å². The SMILES string of the molecule is O=C(NCCc1cccc(Cl)c1)c1cc(Cl)cc(Br)c1. The van der Waals surface area contributed by atoms with Gasteiger partial charge in [0.25, 0.3) is 5.91 Å². The molecule has 1 N–H and O–H groups in total. The van der Waals surface area contributed by atoms with E-state index >= 15 is 0 Å². The third-order valence-electron chi connectivity index (χ3n) is 2.71. The number of halogens is 3. The second kappa shape index (κ2) is 7.11. The van der Waals surface area contributed by atoms with Crippen LogP contribution in [0.4, 0.5) is 0 Å². The van der Waals surface area contributed by atoms with E-state index in [9.17, 15) is 4.79 Å². The van der Waals surface area contributed by atoms with Gasteiger partial charge in [0.2, 0.25) is 0 Å². The van der Waals surface area contributed by atoms with Gasteiger partial charge in [-0.3, -0.25) is 4.79 Å². The highest BCUT2D eigenvalue weighted by atomic mass is 79.9. The summed E-state index contributed by atoms with van der Waals surface area (Å²) in [6.07, 6.45) is 0.730. The number of hydrogen-bond donors (Lipinski definition) is 1. The van der Waals surface area contributed by atoms with Crippen LogP contribution >= 0.6 is 39.1 Å². The van der Waals surface area contributed by atoms with Crippen LogP contribution in [0, 0.1) is 0 Å². The summed E-state index contributed by atoms with van der Waals surface area (Å²) in [5, 5.41) is 4.09. The summed E-state index contributed by atoms with van der Waals surface area (Å²) in [7, 11) is 0. The van der Waals surface area contributed by atoms with E-state index in [2.05, 4.69) is 21.2 Å². The predicted octanol–water partition coefficient (Wildman–Crippen LogP) is 4.73. The van der Waals surface area contributed by atoms with Gasteiger partial charge in [-0.25, -0.2) is 0 Å². The summed E-state index contributed by atoms with van der Waals surface area (Å²) in [6.45, 7) is 0.545. The lowest BCUT2D eigenvalue weighted by molar-refractivity contribution is 0.0954. The molecule has 0 aliphatic rings. The van der Waals surface area contributed by atoms with Gasteiger partial charge in [-0.15, -0.1) is 0 Å². The average Bonchev–Trinajstić information content (AvgIpc) is 2.37. The van der Waals surface area contributed by atoms with Gasteiger partial charge in [0.1, 0.15) is 0 Å². The number of carbonyl (C=O) groups is 1. The van der Waals surface area contributed by atoms with Crippen LogP contribution in [0.2, 0.25) is 10.0 Å². The standard InChI is InChI=1S/C15H12BrCl2NO/c16-12-7-11(8-14(18)9-12)15(20)19-5-4-10-2-1-3-13(17)6-10/h1-3,6-9H,4-5H2,(H,19,20). The van der Waals surface area contributed by atoms with Crippen molar-refractivity contribution in [1.29, 1.82) is 0 Å². The Hall–Kier alpha value is -1.03. The normalized spacial score (nSPS) is 10.3. The summed E-state index contributed by atoms with van der Waals surface area (Å²) in [5.74, 6) is -0.143. The van der Waals surface area contributed by atoms with Crippen LogP contribution in [0.1, 0.15) is 15.9 Å². The Morgan fingerprint density at radius 1 is 1.10 bits per heavy atom. The van der Waals surface area contributed by atoms with Crippen LogP contribution in [-0.2, 0) is 6.42 Å². The summed E-state index contributed by atoms with van der Waals surface area (Å²) >= 11 is 15.1. The molecule has 0 saturated carbocycles. The highest BCUT2D eigenvalue weighted by Crippen LogP contribution is 2.19. The third kappa shape index (κ3) is 4.51. The summed E-state index contributed by atoms with van der Waals surface area (Å²) in [6, 6.07) is 12.7. The van der Waals surface area contributed by atoms with Crippen molar-refractivity contribution in [3.63, 3.8) is 0 Å². The minimum Gasteiger partial charge on any atom is -0.352 e. The number of carbonyl (C=O) groups excluding carboxylic acids is 1. The number of nitrogens with one attached hydrogen (secondary N) is 1. The molecule has 0 aromatic heterocycles. The summed E-state index contributed by atoms with van der Waals surface area (Å²) < 4.78 is 0.782. The Kier molecular flexibility index (Phi) is 5.46. The zero-order valence-corrected chi connectivity index (χ0v) is 13.6. The fraction of sp³-hybridized carbons (Fsp3) is 0.133. The van der Waals surface area contributed by atoms with E-state index in [0.29, 0.717) is 22.2 Å². The lowest BCUT2D eigenvalue weighted by Gasteiger charge is -2.06. The van der Waals surface area contributed by atoms with E-state index in [1.165, 1.54) is 0 Å². The molecule has 0 spiro atoms. The van der Waals surface area contributed by atoms with Gasteiger partial charge in [-0.05, 0) is 42.3 Å². The van der Waals surface area contributed by atoms with Crippen molar-refractivity contribution >= 4 is 45.0 Å². The Morgan fingerprint density at radius 2 is 1.90 bits per heavy atom. The number of amides is 1. The first kappa shape index (κ1) is 15.4. The predicted molar refractivity (Wildman–Crippen MR) is 86.6 cm³/mol.